The summed E-state index contributed by atoms with van der Waals surface area (Å²) in [4.78, 5) is 23.1. The molecule has 3 rings (SSSR count). The lowest BCUT2D eigenvalue weighted by molar-refractivity contribution is 0.0575. The van der Waals surface area contributed by atoms with Crippen molar-refractivity contribution in [3.63, 3.8) is 0 Å². The number of amides is 1. The number of rotatable bonds is 4. The van der Waals surface area contributed by atoms with Crippen LogP contribution in [0.4, 0.5) is 10.6 Å². The molecule has 0 atom stereocenters. The molecule has 0 spiro atoms. The molecular weight excluding hydrogens is 380 g/mol. The Kier molecular flexibility index (Phi) is 5.34. The molecule has 0 bridgehead atoms. The van der Waals surface area contributed by atoms with Gasteiger partial charge < -0.3 is 9.30 Å². The number of ether oxygens (including phenoxy) is 1. The Hall–Kier alpha value is -2.61. The molecule has 9 heteroatoms. The minimum atomic E-state index is -0.648. The predicted octanol–water partition coefficient (Wildman–Crippen LogP) is 4.18. The van der Waals surface area contributed by atoms with Gasteiger partial charge in [-0.1, -0.05) is 25.4 Å². The third-order valence-electron chi connectivity index (χ3n) is 4.20. The van der Waals surface area contributed by atoms with E-state index in [-0.39, 0.29) is 17.6 Å². The van der Waals surface area contributed by atoms with E-state index in [9.17, 15) is 4.79 Å². The number of carbonyl (C=O) groups is 1. The summed E-state index contributed by atoms with van der Waals surface area (Å²) in [5.41, 5.74) is 1.76. The summed E-state index contributed by atoms with van der Waals surface area (Å²) in [6.45, 7) is 9.84. The topological polar surface area (TPSA) is 77.5 Å². The average molecular weight is 405 g/mol. The molecule has 28 heavy (non-hydrogen) atoms. The van der Waals surface area contributed by atoms with Gasteiger partial charge in [-0.25, -0.2) is 14.8 Å². The number of aryl methyl sites for hydroxylation is 1. The molecule has 1 amide bonds. The van der Waals surface area contributed by atoms with Gasteiger partial charge in [0, 0.05) is 24.9 Å². The molecule has 3 aromatic heterocycles. The molecule has 3 aromatic rings. The minimum absolute atomic E-state index is 0.211. The van der Waals surface area contributed by atoms with Crippen molar-refractivity contribution < 1.29 is 9.53 Å². The highest BCUT2D eigenvalue weighted by atomic mass is 35.5. The lowest BCUT2D eigenvalue weighted by Crippen LogP contribution is -2.38. The van der Waals surface area contributed by atoms with Crippen LogP contribution in [0, 0.1) is 0 Å². The maximum atomic E-state index is 13.1. The molecule has 0 aliphatic carbocycles. The molecular formula is C19H25ClN6O2. The van der Waals surface area contributed by atoms with Gasteiger partial charge in [0.15, 0.2) is 5.65 Å². The zero-order valence-electron chi connectivity index (χ0n) is 17.0. The van der Waals surface area contributed by atoms with Crippen LogP contribution < -0.4 is 4.90 Å². The standard InChI is InChI=1S/C19H25ClN6O2/c1-12(2)14-9-22-26-16(7-15(20)23-17(14)26)25(18(27)28-19(3,4)5)10-13-8-21-11-24(13)6/h7-9,11-12H,10H2,1-6H3. The summed E-state index contributed by atoms with van der Waals surface area (Å²) >= 11 is 6.30. The zero-order chi connectivity index (χ0) is 20.6. The maximum absolute atomic E-state index is 13.1. The van der Waals surface area contributed by atoms with Crippen molar-refractivity contribution in [2.45, 2.75) is 52.7 Å². The average Bonchev–Trinajstić information content (AvgIpc) is 3.16. The first-order valence-corrected chi connectivity index (χ1v) is 9.44. The van der Waals surface area contributed by atoms with Gasteiger partial charge in [-0.05, 0) is 26.7 Å². The number of hydrogen-bond acceptors (Lipinski definition) is 5. The molecule has 0 saturated heterocycles. The van der Waals surface area contributed by atoms with E-state index in [1.54, 1.807) is 29.3 Å². The fourth-order valence-electron chi connectivity index (χ4n) is 2.79. The van der Waals surface area contributed by atoms with Gasteiger partial charge in [0.05, 0.1) is 24.8 Å². The Bertz CT molecular complexity index is 1000. The van der Waals surface area contributed by atoms with E-state index in [0.29, 0.717) is 11.5 Å². The molecule has 3 heterocycles. The number of imidazole rings is 1. The second-order valence-corrected chi connectivity index (χ2v) is 8.38. The summed E-state index contributed by atoms with van der Waals surface area (Å²) in [5, 5.41) is 4.74. The van der Waals surface area contributed by atoms with Crippen LogP contribution in [0.15, 0.2) is 24.8 Å². The van der Waals surface area contributed by atoms with Crippen molar-refractivity contribution in [1.29, 1.82) is 0 Å². The highest BCUT2D eigenvalue weighted by molar-refractivity contribution is 6.29. The zero-order valence-corrected chi connectivity index (χ0v) is 17.7. The lowest BCUT2D eigenvalue weighted by atomic mass is 10.1. The van der Waals surface area contributed by atoms with Crippen LogP contribution in [0.25, 0.3) is 5.65 Å². The normalized spacial score (nSPS) is 12.0. The lowest BCUT2D eigenvalue weighted by Gasteiger charge is -2.27. The number of fused-ring (bicyclic) bond motifs is 1. The Morgan fingerprint density at radius 2 is 2.04 bits per heavy atom. The van der Waals surface area contributed by atoms with E-state index in [0.717, 1.165) is 11.3 Å². The van der Waals surface area contributed by atoms with Gasteiger partial charge in [0.1, 0.15) is 16.6 Å². The fourth-order valence-corrected chi connectivity index (χ4v) is 2.97. The molecule has 0 fully saturated rings. The van der Waals surface area contributed by atoms with Crippen LogP contribution in [0.3, 0.4) is 0 Å². The first-order chi connectivity index (χ1) is 13.1. The molecule has 0 saturated carbocycles. The number of halogens is 1. The van der Waals surface area contributed by atoms with Crippen LogP contribution >= 0.6 is 11.6 Å². The molecule has 0 N–H and O–H groups in total. The number of nitrogens with zero attached hydrogens (tertiary/aromatic N) is 6. The molecule has 150 valence electrons. The van der Waals surface area contributed by atoms with E-state index in [1.807, 2.05) is 32.4 Å². The first kappa shape index (κ1) is 20.1. The fraction of sp³-hybridized carbons (Fsp3) is 0.474. The highest BCUT2D eigenvalue weighted by Crippen LogP contribution is 2.28. The van der Waals surface area contributed by atoms with Crippen molar-refractivity contribution in [3.05, 3.63) is 41.2 Å². The summed E-state index contributed by atoms with van der Waals surface area (Å²) < 4.78 is 9.11. The Morgan fingerprint density at radius 3 is 2.61 bits per heavy atom. The molecule has 0 radical (unpaired) electrons. The third-order valence-corrected chi connectivity index (χ3v) is 4.39. The Labute approximate surface area is 169 Å². The monoisotopic (exact) mass is 404 g/mol. The molecule has 0 aliphatic heterocycles. The SMILES string of the molecule is CC(C)c1cnn2c(N(Cc3cncn3C)C(=O)OC(C)(C)C)cc(Cl)nc12. The van der Waals surface area contributed by atoms with E-state index in [2.05, 4.69) is 28.9 Å². The highest BCUT2D eigenvalue weighted by Gasteiger charge is 2.27. The Balaban J connectivity index is 2.14. The van der Waals surface area contributed by atoms with Gasteiger partial charge in [-0.2, -0.15) is 9.61 Å². The van der Waals surface area contributed by atoms with Crippen molar-refractivity contribution in [2.75, 3.05) is 4.90 Å². The summed E-state index contributed by atoms with van der Waals surface area (Å²) in [6, 6.07) is 1.62. The Morgan fingerprint density at radius 1 is 1.32 bits per heavy atom. The number of carbonyl (C=O) groups excluding carboxylic acids is 1. The summed E-state index contributed by atoms with van der Waals surface area (Å²) in [5.74, 6) is 0.695. The van der Waals surface area contributed by atoms with Gasteiger partial charge in [-0.15, -0.1) is 0 Å². The smallest absolute Gasteiger partial charge is 0.416 e. The second kappa shape index (κ2) is 7.43. The number of anilines is 1. The molecule has 0 aliphatic rings. The van der Waals surface area contributed by atoms with Crippen LogP contribution in [0.1, 0.15) is 51.8 Å². The van der Waals surface area contributed by atoms with Crippen LogP contribution in [0.2, 0.25) is 5.15 Å². The largest absolute Gasteiger partial charge is 0.443 e. The first-order valence-electron chi connectivity index (χ1n) is 9.06. The van der Waals surface area contributed by atoms with E-state index >= 15 is 0 Å². The quantitative estimate of drug-likeness (QED) is 0.609. The van der Waals surface area contributed by atoms with E-state index in [1.165, 1.54) is 4.90 Å². The summed E-state index contributed by atoms with van der Waals surface area (Å²) in [6.07, 6.45) is 4.64. The molecule has 0 aromatic carbocycles. The van der Waals surface area contributed by atoms with Crippen LogP contribution in [-0.4, -0.2) is 35.8 Å². The van der Waals surface area contributed by atoms with Crippen molar-refractivity contribution in [2.24, 2.45) is 7.05 Å². The number of aromatic nitrogens is 5. The minimum Gasteiger partial charge on any atom is -0.443 e. The van der Waals surface area contributed by atoms with Gasteiger partial charge >= 0.3 is 6.09 Å². The van der Waals surface area contributed by atoms with E-state index in [4.69, 9.17) is 16.3 Å². The van der Waals surface area contributed by atoms with Gasteiger partial charge in [0.2, 0.25) is 0 Å². The van der Waals surface area contributed by atoms with Crippen LogP contribution in [0.5, 0.6) is 0 Å². The van der Waals surface area contributed by atoms with Crippen LogP contribution in [-0.2, 0) is 18.3 Å². The summed E-state index contributed by atoms with van der Waals surface area (Å²) in [7, 11) is 1.87. The second-order valence-electron chi connectivity index (χ2n) is 7.99. The maximum Gasteiger partial charge on any atom is 0.416 e. The van der Waals surface area contributed by atoms with Crippen molar-refractivity contribution in [3.8, 4) is 0 Å². The van der Waals surface area contributed by atoms with Crippen molar-refractivity contribution in [1.82, 2.24) is 24.1 Å². The van der Waals surface area contributed by atoms with Gasteiger partial charge in [0.25, 0.3) is 0 Å². The number of hydrogen-bond donors (Lipinski definition) is 0. The predicted molar refractivity (Wildman–Crippen MR) is 108 cm³/mol. The van der Waals surface area contributed by atoms with E-state index < -0.39 is 11.7 Å². The van der Waals surface area contributed by atoms with Crippen molar-refractivity contribution >= 4 is 29.2 Å². The third kappa shape index (κ3) is 4.11. The molecule has 8 nitrogen and oxygen atoms in total. The molecule has 0 unspecified atom stereocenters. The van der Waals surface area contributed by atoms with Gasteiger partial charge in [-0.3, -0.25) is 4.90 Å².